The van der Waals surface area contributed by atoms with Crippen LogP contribution in [0.2, 0.25) is 0 Å². The summed E-state index contributed by atoms with van der Waals surface area (Å²) in [6.45, 7) is 0. The number of carboxylic acids is 1. The van der Waals surface area contributed by atoms with Crippen molar-refractivity contribution in [3.05, 3.63) is 0 Å². The first kappa shape index (κ1) is 6.81. The zero-order valence-corrected chi connectivity index (χ0v) is 3.88. The maximum Gasteiger partial charge on any atom is 0.372 e. The molecule has 8 heavy (non-hydrogen) atoms. The van der Waals surface area contributed by atoms with E-state index in [1.807, 2.05) is 0 Å². The lowest BCUT2D eigenvalue weighted by Gasteiger charge is -1.79. The summed E-state index contributed by atoms with van der Waals surface area (Å²) in [6, 6.07) is 0. The van der Waals surface area contributed by atoms with Gasteiger partial charge in [-0.05, 0) is 0 Å². The molecule has 0 aromatic rings. The van der Waals surface area contributed by atoms with Crippen LogP contribution in [0.5, 0.6) is 0 Å². The third-order valence-corrected chi connectivity index (χ3v) is 0.471. The Kier molecular flexibility index (Phi) is 2.47. The summed E-state index contributed by atoms with van der Waals surface area (Å²) in [7, 11) is 0. The van der Waals surface area contributed by atoms with Crippen molar-refractivity contribution in [2.24, 2.45) is 0 Å². The fraction of sp³-hybridized carbons (Fsp3) is 0.250. The highest BCUT2D eigenvalue weighted by Gasteiger charge is 2.08. The molecule has 0 amide bonds. The maximum atomic E-state index is 9.88. The molecule has 0 saturated heterocycles. The van der Waals surface area contributed by atoms with E-state index in [-0.39, 0.29) is 0 Å². The molecule has 0 aliphatic heterocycles. The predicted octanol–water partition coefficient (Wildman–Crippen LogP) is -0.860. The smallest absolute Gasteiger partial charge is 0.372 e. The zero-order chi connectivity index (χ0) is 6.57. The molecule has 0 aromatic heterocycles. The van der Waals surface area contributed by atoms with Crippen molar-refractivity contribution in [3.63, 3.8) is 0 Å². The second kappa shape index (κ2) is 2.90. The number of carbonyl (C=O) groups is 2. The Labute approximate surface area is 45.1 Å². The summed E-state index contributed by atoms with van der Waals surface area (Å²) in [6.07, 6.45) is 0.511. The fourth-order valence-electron chi connectivity index (χ4n) is 0.141. The van der Waals surface area contributed by atoms with Gasteiger partial charge in [-0.3, -0.25) is 9.59 Å². The first-order valence-corrected chi connectivity index (χ1v) is 1.79. The number of ketones is 1. The van der Waals surface area contributed by atoms with E-state index >= 15 is 0 Å². The predicted molar refractivity (Wildman–Crippen MR) is 23.0 cm³/mol. The molecule has 0 aromatic carbocycles. The number of hydrogen-bond donors (Lipinski definition) is 1. The van der Waals surface area contributed by atoms with E-state index in [2.05, 4.69) is 0 Å². The summed E-state index contributed by atoms with van der Waals surface area (Å²) in [4.78, 5) is 28.8. The minimum Gasteiger partial charge on any atom is -0.475 e. The van der Waals surface area contributed by atoms with Crippen LogP contribution in [0.3, 0.4) is 0 Å². The largest absolute Gasteiger partial charge is 0.475 e. The highest BCUT2D eigenvalue weighted by molar-refractivity contribution is 6.35. The highest BCUT2D eigenvalue weighted by Crippen LogP contribution is 1.75. The summed E-state index contributed by atoms with van der Waals surface area (Å²) < 4.78 is 0. The molecule has 0 aliphatic carbocycles. The minimum atomic E-state index is -1.59. The van der Waals surface area contributed by atoms with Crippen LogP contribution in [0.25, 0.3) is 0 Å². The van der Waals surface area contributed by atoms with Crippen LogP contribution in [0.4, 0.5) is 0 Å². The van der Waals surface area contributed by atoms with E-state index in [4.69, 9.17) is 5.11 Å². The molecule has 0 heterocycles. The standard InChI is InChI=1S/C4H3O4/c5-2-1-3(6)4(7)8/h1H2,(H,7,8). The van der Waals surface area contributed by atoms with E-state index in [0.29, 0.717) is 0 Å². The first-order valence-electron chi connectivity index (χ1n) is 1.79. The SMILES string of the molecule is O=[C]CC(=O)C(=O)O. The monoisotopic (exact) mass is 115 g/mol. The van der Waals surface area contributed by atoms with Gasteiger partial charge in [0.2, 0.25) is 12.1 Å². The van der Waals surface area contributed by atoms with Crippen molar-refractivity contribution in [1.82, 2.24) is 0 Å². The third kappa shape index (κ3) is 2.07. The second-order valence-corrected chi connectivity index (χ2v) is 1.05. The Bertz CT molecular complexity index is 126. The average molecular weight is 115 g/mol. The summed E-state index contributed by atoms with van der Waals surface area (Å²) in [5.41, 5.74) is 0. The van der Waals surface area contributed by atoms with E-state index in [1.54, 1.807) is 0 Å². The molecule has 0 spiro atoms. The van der Waals surface area contributed by atoms with Gasteiger partial charge >= 0.3 is 5.97 Å². The normalized spacial score (nSPS) is 8.00. The molecule has 1 N–H and O–H groups in total. The summed E-state index contributed by atoms with van der Waals surface area (Å²) in [5.74, 6) is -2.71. The number of Topliss-reactive ketones (excluding diaryl/α,β-unsaturated/α-hetero) is 1. The van der Waals surface area contributed by atoms with Crippen molar-refractivity contribution >= 4 is 18.0 Å². The van der Waals surface area contributed by atoms with Gasteiger partial charge in [-0.15, -0.1) is 0 Å². The maximum absolute atomic E-state index is 9.88. The van der Waals surface area contributed by atoms with Gasteiger partial charge < -0.3 is 5.11 Å². The Morgan fingerprint density at radius 3 is 2.12 bits per heavy atom. The Morgan fingerprint density at radius 2 is 2.00 bits per heavy atom. The number of aliphatic carboxylic acids is 1. The van der Waals surface area contributed by atoms with E-state index in [0.717, 1.165) is 0 Å². The van der Waals surface area contributed by atoms with Crippen LogP contribution in [0.15, 0.2) is 0 Å². The molecule has 0 bridgehead atoms. The van der Waals surface area contributed by atoms with Crippen LogP contribution >= 0.6 is 0 Å². The Morgan fingerprint density at radius 1 is 1.50 bits per heavy atom. The van der Waals surface area contributed by atoms with Gasteiger partial charge in [-0.25, -0.2) is 4.79 Å². The molecule has 1 radical (unpaired) electrons. The molecule has 0 atom stereocenters. The van der Waals surface area contributed by atoms with Crippen LogP contribution < -0.4 is 0 Å². The number of carbonyl (C=O) groups excluding carboxylic acids is 2. The number of hydrogen-bond acceptors (Lipinski definition) is 3. The fourth-order valence-corrected chi connectivity index (χ4v) is 0.141. The van der Waals surface area contributed by atoms with Crippen LogP contribution in [0.1, 0.15) is 6.42 Å². The van der Waals surface area contributed by atoms with Gasteiger partial charge in [0, 0.05) is 0 Å². The van der Waals surface area contributed by atoms with Gasteiger partial charge in [-0.2, -0.15) is 0 Å². The molecule has 0 fully saturated rings. The van der Waals surface area contributed by atoms with E-state index in [1.165, 1.54) is 6.29 Å². The first-order chi connectivity index (χ1) is 3.68. The lowest BCUT2D eigenvalue weighted by Crippen LogP contribution is -2.11. The molecule has 4 nitrogen and oxygen atoms in total. The zero-order valence-electron chi connectivity index (χ0n) is 3.88. The van der Waals surface area contributed by atoms with Crippen LogP contribution in [0, 0.1) is 0 Å². The number of rotatable bonds is 3. The molecule has 0 unspecified atom stereocenters. The van der Waals surface area contributed by atoms with Crippen molar-refractivity contribution in [3.8, 4) is 0 Å². The van der Waals surface area contributed by atoms with Gasteiger partial charge in [0.1, 0.15) is 0 Å². The Balaban J connectivity index is 3.65. The molecular formula is C4H3O4. The van der Waals surface area contributed by atoms with Gasteiger partial charge in [0.05, 0.1) is 6.42 Å². The Hall–Kier alpha value is -1.19. The lowest BCUT2D eigenvalue weighted by atomic mass is 10.3. The second-order valence-electron chi connectivity index (χ2n) is 1.05. The minimum absolute atomic E-state index is 0.657. The summed E-state index contributed by atoms with van der Waals surface area (Å²) in [5, 5.41) is 7.78. The molecular weight excluding hydrogens is 112 g/mol. The summed E-state index contributed by atoms with van der Waals surface area (Å²) >= 11 is 0. The van der Waals surface area contributed by atoms with E-state index in [9.17, 15) is 14.4 Å². The molecule has 4 heteroatoms. The molecule has 0 aliphatic rings. The molecule has 0 saturated carbocycles. The van der Waals surface area contributed by atoms with Crippen molar-refractivity contribution in [2.75, 3.05) is 0 Å². The lowest BCUT2D eigenvalue weighted by molar-refractivity contribution is -0.148. The third-order valence-electron chi connectivity index (χ3n) is 0.471. The number of carboxylic acid groups (broad SMARTS) is 1. The van der Waals surface area contributed by atoms with Gasteiger partial charge in [0.15, 0.2) is 0 Å². The topological polar surface area (TPSA) is 71.4 Å². The molecule has 43 valence electrons. The van der Waals surface area contributed by atoms with Crippen molar-refractivity contribution in [1.29, 1.82) is 0 Å². The van der Waals surface area contributed by atoms with Crippen molar-refractivity contribution < 1.29 is 19.5 Å². The van der Waals surface area contributed by atoms with Gasteiger partial charge in [-0.1, -0.05) is 0 Å². The van der Waals surface area contributed by atoms with Crippen LogP contribution in [-0.2, 0) is 14.4 Å². The average Bonchev–Trinajstić information content (AvgIpc) is 1.67. The van der Waals surface area contributed by atoms with Crippen molar-refractivity contribution in [2.45, 2.75) is 6.42 Å². The quantitative estimate of drug-likeness (QED) is 0.383. The highest BCUT2D eigenvalue weighted by atomic mass is 16.4. The van der Waals surface area contributed by atoms with E-state index < -0.39 is 18.2 Å². The molecule has 0 rings (SSSR count). The van der Waals surface area contributed by atoms with Crippen LogP contribution in [-0.4, -0.2) is 23.1 Å². The van der Waals surface area contributed by atoms with Gasteiger partial charge in [0.25, 0.3) is 0 Å².